The monoisotopic (exact) mass is 249 g/mol. The minimum absolute atomic E-state index is 0.473. The number of hydrogen-bond acceptors (Lipinski definition) is 5. The van der Waals surface area contributed by atoms with Crippen LogP contribution in [0.2, 0.25) is 0 Å². The van der Waals surface area contributed by atoms with Gasteiger partial charge in [0.25, 0.3) is 0 Å². The number of nitrogens with one attached hydrogen (secondary N) is 1. The number of hydrogen-bond donors (Lipinski definition) is 2. The van der Waals surface area contributed by atoms with Gasteiger partial charge in [0.1, 0.15) is 12.1 Å². The lowest BCUT2D eigenvalue weighted by Crippen LogP contribution is -2.35. The third-order valence-corrected chi connectivity index (χ3v) is 3.43. The molecule has 2 aromatic rings. The maximum atomic E-state index is 10.2. The van der Waals surface area contributed by atoms with Gasteiger partial charge in [-0.25, -0.2) is 9.97 Å². The van der Waals surface area contributed by atoms with Crippen molar-refractivity contribution in [2.24, 2.45) is 7.05 Å². The lowest BCUT2D eigenvalue weighted by atomic mass is 9.98. The normalized spacial score (nSPS) is 12.0. The van der Waals surface area contributed by atoms with Gasteiger partial charge in [0.15, 0.2) is 5.65 Å². The molecule has 0 fully saturated rings. The second-order valence-corrected chi connectivity index (χ2v) is 4.51. The number of aromatic nitrogens is 4. The van der Waals surface area contributed by atoms with E-state index in [2.05, 4.69) is 20.4 Å². The fourth-order valence-electron chi connectivity index (χ4n) is 1.85. The first-order chi connectivity index (χ1) is 8.59. The number of aryl methyl sites for hydroxylation is 1. The Morgan fingerprint density at radius 3 is 2.72 bits per heavy atom. The zero-order valence-corrected chi connectivity index (χ0v) is 11.0. The quantitative estimate of drug-likeness (QED) is 0.836. The van der Waals surface area contributed by atoms with E-state index in [4.69, 9.17) is 0 Å². The van der Waals surface area contributed by atoms with Gasteiger partial charge in [-0.1, -0.05) is 13.8 Å². The molecule has 0 radical (unpaired) electrons. The van der Waals surface area contributed by atoms with Crippen LogP contribution in [0.1, 0.15) is 26.7 Å². The van der Waals surface area contributed by atoms with E-state index >= 15 is 0 Å². The van der Waals surface area contributed by atoms with Crippen molar-refractivity contribution < 1.29 is 5.11 Å². The summed E-state index contributed by atoms with van der Waals surface area (Å²) in [6, 6.07) is 0. The van der Waals surface area contributed by atoms with Crippen LogP contribution in [0.25, 0.3) is 11.0 Å². The summed E-state index contributed by atoms with van der Waals surface area (Å²) in [4.78, 5) is 8.38. The second kappa shape index (κ2) is 4.89. The van der Waals surface area contributed by atoms with Gasteiger partial charge in [-0.2, -0.15) is 5.10 Å². The van der Waals surface area contributed by atoms with Crippen LogP contribution in [-0.4, -0.2) is 37.0 Å². The number of fused-ring (bicyclic) bond motifs is 1. The lowest BCUT2D eigenvalue weighted by molar-refractivity contribution is 0.0456. The number of aliphatic hydroxyl groups is 1. The molecule has 0 spiro atoms. The van der Waals surface area contributed by atoms with Crippen LogP contribution in [0.3, 0.4) is 0 Å². The van der Waals surface area contributed by atoms with E-state index in [1.54, 1.807) is 10.9 Å². The van der Waals surface area contributed by atoms with Gasteiger partial charge in [-0.05, 0) is 12.8 Å². The molecule has 0 atom stereocenters. The molecule has 0 saturated heterocycles. The summed E-state index contributed by atoms with van der Waals surface area (Å²) in [7, 11) is 1.84. The van der Waals surface area contributed by atoms with E-state index in [9.17, 15) is 5.11 Å². The molecule has 0 aliphatic rings. The topological polar surface area (TPSA) is 75.9 Å². The Hall–Kier alpha value is -1.69. The molecule has 2 aromatic heterocycles. The molecule has 0 aliphatic heterocycles. The first-order valence-electron chi connectivity index (χ1n) is 6.18. The standard InChI is InChI=1S/C12H19N5O/c1-4-12(18,5-2)7-13-10-9-6-16-17(3)11(9)15-8-14-10/h6,8,18H,4-5,7H2,1-3H3,(H,13,14,15). The summed E-state index contributed by atoms with van der Waals surface area (Å²) in [6.07, 6.45) is 4.65. The predicted molar refractivity (Wildman–Crippen MR) is 70.3 cm³/mol. The van der Waals surface area contributed by atoms with E-state index < -0.39 is 5.60 Å². The van der Waals surface area contributed by atoms with Crippen LogP contribution in [0.5, 0.6) is 0 Å². The molecule has 0 aliphatic carbocycles. The molecule has 6 nitrogen and oxygen atoms in total. The smallest absolute Gasteiger partial charge is 0.163 e. The highest BCUT2D eigenvalue weighted by atomic mass is 16.3. The first kappa shape index (κ1) is 12.8. The van der Waals surface area contributed by atoms with Crippen molar-refractivity contribution >= 4 is 16.9 Å². The van der Waals surface area contributed by atoms with Gasteiger partial charge in [0.05, 0.1) is 17.2 Å². The first-order valence-corrected chi connectivity index (χ1v) is 6.18. The summed E-state index contributed by atoms with van der Waals surface area (Å²) in [5.41, 5.74) is 0.0866. The van der Waals surface area contributed by atoms with Crippen LogP contribution < -0.4 is 5.32 Å². The number of nitrogens with zero attached hydrogens (tertiary/aromatic N) is 4. The third kappa shape index (κ3) is 2.28. The Balaban J connectivity index is 2.22. The van der Waals surface area contributed by atoms with Gasteiger partial charge < -0.3 is 10.4 Å². The van der Waals surface area contributed by atoms with Crippen LogP contribution in [0, 0.1) is 0 Å². The molecule has 0 amide bonds. The average Bonchev–Trinajstić information content (AvgIpc) is 2.78. The molecular weight excluding hydrogens is 230 g/mol. The SMILES string of the molecule is CCC(O)(CC)CNc1ncnc2c1cnn2C. The number of rotatable bonds is 5. The number of anilines is 1. The Morgan fingerprint density at radius 1 is 1.33 bits per heavy atom. The molecule has 2 N–H and O–H groups in total. The minimum atomic E-state index is -0.695. The maximum Gasteiger partial charge on any atom is 0.163 e. The molecule has 2 heterocycles. The van der Waals surface area contributed by atoms with E-state index in [1.807, 2.05) is 20.9 Å². The molecule has 0 aromatic carbocycles. The summed E-state index contributed by atoms with van der Waals surface area (Å²) >= 11 is 0. The molecule has 0 saturated carbocycles. The van der Waals surface area contributed by atoms with Crippen LogP contribution >= 0.6 is 0 Å². The van der Waals surface area contributed by atoms with E-state index in [1.165, 1.54) is 6.33 Å². The largest absolute Gasteiger partial charge is 0.388 e. The van der Waals surface area contributed by atoms with Crippen molar-refractivity contribution in [2.45, 2.75) is 32.3 Å². The maximum absolute atomic E-state index is 10.2. The molecule has 18 heavy (non-hydrogen) atoms. The zero-order chi connectivity index (χ0) is 13.2. The van der Waals surface area contributed by atoms with Gasteiger partial charge in [0.2, 0.25) is 0 Å². The Kier molecular flexibility index (Phi) is 3.47. The van der Waals surface area contributed by atoms with Crippen molar-refractivity contribution in [1.29, 1.82) is 0 Å². The molecule has 6 heteroatoms. The highest BCUT2D eigenvalue weighted by Crippen LogP contribution is 2.20. The average molecular weight is 249 g/mol. The summed E-state index contributed by atoms with van der Waals surface area (Å²) in [5, 5.41) is 18.5. The van der Waals surface area contributed by atoms with Gasteiger partial charge in [-0.15, -0.1) is 0 Å². The van der Waals surface area contributed by atoms with Crippen molar-refractivity contribution in [3.05, 3.63) is 12.5 Å². The van der Waals surface area contributed by atoms with Crippen molar-refractivity contribution in [3.8, 4) is 0 Å². The summed E-state index contributed by atoms with van der Waals surface area (Å²) < 4.78 is 1.70. The Bertz CT molecular complexity index is 532. The summed E-state index contributed by atoms with van der Waals surface area (Å²) in [6.45, 7) is 4.43. The fourth-order valence-corrected chi connectivity index (χ4v) is 1.85. The van der Waals surface area contributed by atoms with Gasteiger partial charge in [-0.3, -0.25) is 4.68 Å². The third-order valence-electron chi connectivity index (χ3n) is 3.43. The van der Waals surface area contributed by atoms with Crippen molar-refractivity contribution in [2.75, 3.05) is 11.9 Å². The second-order valence-electron chi connectivity index (χ2n) is 4.51. The van der Waals surface area contributed by atoms with Crippen molar-refractivity contribution in [1.82, 2.24) is 19.7 Å². The molecule has 0 unspecified atom stereocenters. The zero-order valence-electron chi connectivity index (χ0n) is 11.0. The lowest BCUT2D eigenvalue weighted by Gasteiger charge is -2.25. The Morgan fingerprint density at radius 2 is 2.06 bits per heavy atom. The van der Waals surface area contributed by atoms with Gasteiger partial charge in [0, 0.05) is 13.6 Å². The van der Waals surface area contributed by atoms with Crippen LogP contribution in [-0.2, 0) is 7.05 Å². The Labute approximate surface area is 106 Å². The van der Waals surface area contributed by atoms with E-state index in [0.717, 1.165) is 11.0 Å². The predicted octanol–water partition coefficient (Wildman–Crippen LogP) is 1.33. The van der Waals surface area contributed by atoms with Gasteiger partial charge >= 0.3 is 0 Å². The van der Waals surface area contributed by atoms with Crippen LogP contribution in [0.15, 0.2) is 12.5 Å². The van der Waals surface area contributed by atoms with Crippen molar-refractivity contribution in [3.63, 3.8) is 0 Å². The molecule has 2 rings (SSSR count). The highest BCUT2D eigenvalue weighted by molar-refractivity contribution is 5.85. The molecule has 98 valence electrons. The minimum Gasteiger partial charge on any atom is -0.388 e. The van der Waals surface area contributed by atoms with Crippen LogP contribution in [0.4, 0.5) is 5.82 Å². The van der Waals surface area contributed by atoms with E-state index in [0.29, 0.717) is 25.2 Å². The fraction of sp³-hybridized carbons (Fsp3) is 0.583. The molecule has 0 bridgehead atoms. The molecular formula is C12H19N5O. The highest BCUT2D eigenvalue weighted by Gasteiger charge is 2.22. The van der Waals surface area contributed by atoms with E-state index in [-0.39, 0.29) is 0 Å². The summed E-state index contributed by atoms with van der Waals surface area (Å²) in [5.74, 6) is 0.716.